The van der Waals surface area contributed by atoms with E-state index in [9.17, 15) is 5.11 Å². The molecule has 0 aromatic heterocycles. The fraction of sp³-hybridized carbons (Fsp3) is 0.600. The summed E-state index contributed by atoms with van der Waals surface area (Å²) < 4.78 is 0. The average Bonchev–Trinajstić information content (AvgIpc) is 3.20. The summed E-state index contributed by atoms with van der Waals surface area (Å²) in [7, 11) is 0. The molecule has 3 rings (SSSR count). The molecule has 0 spiro atoms. The number of rotatable bonds is 5. The second kappa shape index (κ2) is 3.89. The van der Waals surface area contributed by atoms with Crippen molar-refractivity contribution < 1.29 is 5.11 Å². The van der Waals surface area contributed by atoms with Gasteiger partial charge < -0.3 is 5.11 Å². The first-order valence-electron chi connectivity index (χ1n) is 6.55. The highest BCUT2D eigenvalue weighted by atomic mass is 16.3. The third-order valence-corrected chi connectivity index (χ3v) is 4.32. The van der Waals surface area contributed by atoms with E-state index in [1.165, 1.54) is 37.7 Å². The van der Waals surface area contributed by atoms with E-state index in [4.69, 9.17) is 0 Å². The fourth-order valence-electron chi connectivity index (χ4n) is 2.80. The monoisotopic (exact) mass is 216 g/mol. The lowest BCUT2D eigenvalue weighted by atomic mass is 9.87. The molecule has 16 heavy (non-hydrogen) atoms. The molecular formula is C15H20O. The van der Waals surface area contributed by atoms with Gasteiger partial charge in [0.25, 0.3) is 0 Å². The van der Waals surface area contributed by atoms with E-state index >= 15 is 0 Å². The van der Waals surface area contributed by atoms with Crippen molar-refractivity contribution in [2.45, 2.75) is 50.0 Å². The highest BCUT2D eigenvalue weighted by Gasteiger charge is 2.49. The van der Waals surface area contributed by atoms with Crippen LogP contribution in [0.4, 0.5) is 0 Å². The van der Waals surface area contributed by atoms with Gasteiger partial charge in [-0.15, -0.1) is 0 Å². The standard InChI is InChI=1S/C15H20O/c16-14(9-8-12-6-7-12)15(10-11-15)13-4-2-1-3-5-13/h1-5,12,14,16H,6-11H2. The van der Waals surface area contributed by atoms with Crippen LogP contribution < -0.4 is 0 Å². The van der Waals surface area contributed by atoms with E-state index < -0.39 is 0 Å². The molecular weight excluding hydrogens is 196 g/mol. The maximum atomic E-state index is 10.4. The first-order valence-corrected chi connectivity index (χ1v) is 6.55. The van der Waals surface area contributed by atoms with Gasteiger partial charge in [-0.3, -0.25) is 0 Å². The largest absolute Gasteiger partial charge is 0.392 e. The molecule has 0 radical (unpaired) electrons. The van der Waals surface area contributed by atoms with Gasteiger partial charge in [0.15, 0.2) is 0 Å². The van der Waals surface area contributed by atoms with Crippen LogP contribution in [-0.2, 0) is 5.41 Å². The topological polar surface area (TPSA) is 20.2 Å². The minimum atomic E-state index is -0.115. The van der Waals surface area contributed by atoms with Gasteiger partial charge in [0.1, 0.15) is 0 Å². The minimum Gasteiger partial charge on any atom is -0.392 e. The number of aliphatic hydroxyl groups excluding tert-OH is 1. The lowest BCUT2D eigenvalue weighted by Crippen LogP contribution is -2.26. The number of hydrogen-bond acceptors (Lipinski definition) is 1. The summed E-state index contributed by atoms with van der Waals surface area (Å²) in [4.78, 5) is 0. The lowest BCUT2D eigenvalue weighted by Gasteiger charge is -2.22. The molecule has 0 aliphatic heterocycles. The molecule has 2 aliphatic carbocycles. The predicted octanol–water partition coefficient (Wildman–Crippen LogP) is 3.27. The summed E-state index contributed by atoms with van der Waals surface area (Å²) in [6, 6.07) is 10.6. The zero-order valence-corrected chi connectivity index (χ0v) is 9.73. The Morgan fingerprint density at radius 3 is 2.44 bits per heavy atom. The molecule has 0 saturated heterocycles. The summed E-state index contributed by atoms with van der Waals surface area (Å²) in [6.07, 6.45) is 7.24. The number of hydrogen-bond donors (Lipinski definition) is 1. The van der Waals surface area contributed by atoms with E-state index in [1.54, 1.807) is 0 Å². The van der Waals surface area contributed by atoms with Crippen LogP contribution in [0.2, 0.25) is 0 Å². The number of benzene rings is 1. The Morgan fingerprint density at radius 2 is 1.88 bits per heavy atom. The Labute approximate surface area is 97.5 Å². The summed E-state index contributed by atoms with van der Waals surface area (Å²) in [6.45, 7) is 0. The van der Waals surface area contributed by atoms with Crippen molar-refractivity contribution >= 4 is 0 Å². The normalized spacial score (nSPS) is 24.1. The number of aliphatic hydroxyl groups is 1. The highest BCUT2D eigenvalue weighted by molar-refractivity contribution is 5.32. The van der Waals surface area contributed by atoms with Crippen LogP contribution in [0.1, 0.15) is 44.1 Å². The van der Waals surface area contributed by atoms with Crippen molar-refractivity contribution in [3.63, 3.8) is 0 Å². The average molecular weight is 216 g/mol. The second-order valence-electron chi connectivity index (χ2n) is 5.56. The molecule has 2 fully saturated rings. The van der Waals surface area contributed by atoms with Crippen LogP contribution in [0.25, 0.3) is 0 Å². The second-order valence-corrected chi connectivity index (χ2v) is 5.56. The third-order valence-electron chi connectivity index (χ3n) is 4.32. The zero-order valence-electron chi connectivity index (χ0n) is 9.73. The molecule has 1 aromatic carbocycles. The van der Waals surface area contributed by atoms with Crippen LogP contribution in [0, 0.1) is 5.92 Å². The first kappa shape index (κ1) is 10.3. The van der Waals surface area contributed by atoms with Crippen LogP contribution in [0.3, 0.4) is 0 Å². The Hall–Kier alpha value is -0.820. The maximum Gasteiger partial charge on any atom is 0.0636 e. The van der Waals surface area contributed by atoms with Crippen molar-refractivity contribution in [2.75, 3.05) is 0 Å². The van der Waals surface area contributed by atoms with Gasteiger partial charge >= 0.3 is 0 Å². The Morgan fingerprint density at radius 1 is 1.19 bits per heavy atom. The molecule has 1 nitrogen and oxygen atoms in total. The summed E-state index contributed by atoms with van der Waals surface area (Å²) in [5.41, 5.74) is 1.47. The SMILES string of the molecule is OC(CCC1CC1)C1(c2ccccc2)CC1. The van der Waals surface area contributed by atoms with E-state index in [1.807, 2.05) is 0 Å². The van der Waals surface area contributed by atoms with E-state index in [2.05, 4.69) is 30.3 Å². The quantitative estimate of drug-likeness (QED) is 0.801. The minimum absolute atomic E-state index is 0.115. The Balaban J connectivity index is 1.67. The van der Waals surface area contributed by atoms with Gasteiger partial charge in [-0.05, 0) is 37.2 Å². The fourth-order valence-corrected chi connectivity index (χ4v) is 2.80. The van der Waals surface area contributed by atoms with Gasteiger partial charge in [-0.25, -0.2) is 0 Å². The van der Waals surface area contributed by atoms with Crippen LogP contribution in [-0.4, -0.2) is 11.2 Å². The molecule has 0 bridgehead atoms. The van der Waals surface area contributed by atoms with Gasteiger partial charge in [0.05, 0.1) is 6.10 Å². The Kier molecular flexibility index (Phi) is 2.51. The van der Waals surface area contributed by atoms with Crippen molar-refractivity contribution in [3.8, 4) is 0 Å². The molecule has 2 aliphatic rings. The van der Waals surface area contributed by atoms with Crippen molar-refractivity contribution in [1.82, 2.24) is 0 Å². The molecule has 1 atom stereocenters. The first-order chi connectivity index (χ1) is 7.81. The lowest BCUT2D eigenvalue weighted by molar-refractivity contribution is 0.118. The molecule has 2 saturated carbocycles. The van der Waals surface area contributed by atoms with E-state index in [0.29, 0.717) is 0 Å². The summed E-state index contributed by atoms with van der Waals surface area (Å²) in [5, 5.41) is 10.4. The van der Waals surface area contributed by atoms with Gasteiger partial charge in [-0.2, -0.15) is 0 Å². The molecule has 1 N–H and O–H groups in total. The van der Waals surface area contributed by atoms with Gasteiger partial charge in [0.2, 0.25) is 0 Å². The zero-order chi connectivity index (χ0) is 11.0. The van der Waals surface area contributed by atoms with Crippen LogP contribution >= 0.6 is 0 Å². The van der Waals surface area contributed by atoms with E-state index in [0.717, 1.165) is 12.3 Å². The Bertz CT molecular complexity index is 349. The van der Waals surface area contributed by atoms with Crippen molar-refractivity contribution in [1.29, 1.82) is 0 Å². The van der Waals surface area contributed by atoms with Crippen molar-refractivity contribution in [3.05, 3.63) is 35.9 Å². The van der Waals surface area contributed by atoms with Crippen LogP contribution in [0.5, 0.6) is 0 Å². The highest BCUT2D eigenvalue weighted by Crippen LogP contribution is 2.52. The summed E-state index contributed by atoms with van der Waals surface area (Å²) in [5.74, 6) is 0.932. The molecule has 1 unspecified atom stereocenters. The molecule has 1 aromatic rings. The molecule has 0 heterocycles. The van der Waals surface area contributed by atoms with Gasteiger partial charge in [-0.1, -0.05) is 43.2 Å². The van der Waals surface area contributed by atoms with E-state index in [-0.39, 0.29) is 11.5 Å². The molecule has 1 heteroatoms. The molecule has 0 amide bonds. The summed E-state index contributed by atoms with van der Waals surface area (Å²) >= 11 is 0. The van der Waals surface area contributed by atoms with Gasteiger partial charge in [0, 0.05) is 5.41 Å². The smallest absolute Gasteiger partial charge is 0.0636 e. The van der Waals surface area contributed by atoms with Crippen LogP contribution in [0.15, 0.2) is 30.3 Å². The molecule has 86 valence electrons. The maximum absolute atomic E-state index is 10.4. The van der Waals surface area contributed by atoms with Crippen molar-refractivity contribution in [2.24, 2.45) is 5.92 Å². The predicted molar refractivity (Wildman–Crippen MR) is 65.3 cm³/mol. The third kappa shape index (κ3) is 1.89.